The topological polar surface area (TPSA) is 106 Å². The van der Waals surface area contributed by atoms with Gasteiger partial charge in [0.25, 0.3) is 11.8 Å². The molecule has 11 heteroatoms. The van der Waals surface area contributed by atoms with E-state index in [9.17, 15) is 14.4 Å². The molecule has 0 N–H and O–H groups in total. The van der Waals surface area contributed by atoms with Crippen molar-refractivity contribution in [3.05, 3.63) is 108 Å². The summed E-state index contributed by atoms with van der Waals surface area (Å²) in [6.07, 6.45) is 7.60. The van der Waals surface area contributed by atoms with Crippen molar-refractivity contribution in [2.75, 3.05) is 5.83 Å². The average Bonchev–Trinajstić information content (AvgIpc) is 3.73. The second-order valence-corrected chi connectivity index (χ2v) is 12.8. The lowest BCUT2D eigenvalue weighted by Gasteiger charge is -2.12. The van der Waals surface area contributed by atoms with E-state index in [1.165, 1.54) is 28.4 Å². The molecule has 1 fully saturated rings. The number of benzene rings is 2. The Morgan fingerprint density at radius 1 is 0.882 bits per heavy atom. The zero-order valence-electron chi connectivity index (χ0n) is 29.7. The van der Waals surface area contributed by atoms with Crippen LogP contribution in [0.5, 0.6) is 0 Å². The first-order valence-corrected chi connectivity index (χ1v) is 19.0. The number of pyridine rings is 2. The van der Waals surface area contributed by atoms with Gasteiger partial charge in [-0.05, 0) is 57.7 Å². The van der Waals surface area contributed by atoms with Crippen molar-refractivity contribution in [3.8, 4) is 22.4 Å². The standard InChI is InChI=1S/C35H32N5O4S.C4H8.CH3Br/c1-23-9-13-25(14-10-23)32-28(36-33(35-34(32)37-45-38-35)26-15-11-24(2)12-16-26)18-17-27-7-3-5-21-39(27)22-6-4-8-31(43)44-40-29(41)19-20-30(40)42;1-4(2)3;1-2/h3,5,7,9-18,21H,4,6,8,19-20,22H2,1-2H3;1H2,2-3H3;1H3/q+1;;/b18-17+;;. The van der Waals surface area contributed by atoms with Crippen molar-refractivity contribution in [3.63, 3.8) is 0 Å². The predicted octanol–water partition coefficient (Wildman–Crippen LogP) is 8.87. The number of hydrogen-bond acceptors (Lipinski definition) is 8. The van der Waals surface area contributed by atoms with Gasteiger partial charge in [-0.15, -0.1) is 11.6 Å². The number of aryl methyl sites for hydroxylation is 3. The van der Waals surface area contributed by atoms with E-state index in [4.69, 9.17) is 14.2 Å². The van der Waals surface area contributed by atoms with Crippen LogP contribution in [0.2, 0.25) is 0 Å². The van der Waals surface area contributed by atoms with Crippen LogP contribution in [0.3, 0.4) is 0 Å². The minimum absolute atomic E-state index is 0.0802. The summed E-state index contributed by atoms with van der Waals surface area (Å²) in [5.41, 5.74) is 10.6. The van der Waals surface area contributed by atoms with Gasteiger partial charge in [0.1, 0.15) is 17.6 Å². The number of halogens is 1. The Morgan fingerprint density at radius 2 is 1.47 bits per heavy atom. The number of fused-ring (bicyclic) bond motifs is 1. The molecule has 51 heavy (non-hydrogen) atoms. The van der Waals surface area contributed by atoms with Gasteiger partial charge in [0.05, 0.1) is 23.1 Å². The third-order valence-electron chi connectivity index (χ3n) is 7.72. The van der Waals surface area contributed by atoms with Gasteiger partial charge < -0.3 is 4.84 Å². The van der Waals surface area contributed by atoms with E-state index in [0.717, 1.165) is 44.8 Å². The highest BCUT2D eigenvalue weighted by molar-refractivity contribution is 9.08. The Bertz CT molecular complexity index is 2000. The maximum atomic E-state index is 12.2. The molecule has 0 aliphatic carbocycles. The summed E-state index contributed by atoms with van der Waals surface area (Å²) in [7, 11) is 0. The average molecular weight is 770 g/mol. The maximum Gasteiger partial charge on any atom is 0.333 e. The monoisotopic (exact) mass is 768 g/mol. The summed E-state index contributed by atoms with van der Waals surface area (Å²) in [5, 5.41) is 0.597. The van der Waals surface area contributed by atoms with Crippen molar-refractivity contribution in [2.24, 2.45) is 0 Å². The Labute approximate surface area is 312 Å². The van der Waals surface area contributed by atoms with Crippen molar-refractivity contribution in [2.45, 2.75) is 66.3 Å². The highest BCUT2D eigenvalue weighted by Crippen LogP contribution is 2.36. The molecule has 0 unspecified atom stereocenters. The van der Waals surface area contributed by atoms with Crippen molar-refractivity contribution < 1.29 is 23.8 Å². The van der Waals surface area contributed by atoms with Gasteiger partial charge in [-0.2, -0.15) is 13.3 Å². The van der Waals surface area contributed by atoms with E-state index >= 15 is 0 Å². The lowest BCUT2D eigenvalue weighted by Crippen LogP contribution is -2.36. The van der Waals surface area contributed by atoms with Crippen LogP contribution in [-0.2, 0) is 25.8 Å². The third-order valence-corrected chi connectivity index (χ3v) is 8.25. The first kappa shape index (κ1) is 38.9. The lowest BCUT2D eigenvalue weighted by atomic mass is 9.98. The van der Waals surface area contributed by atoms with Crippen LogP contribution in [0, 0.1) is 13.8 Å². The SMILES string of the molecule is C=C(C)C.CBr.Cc1ccc(-c2nc(/C=C/c3cccc[n+]3CCCCC(=O)ON3C(=O)CCC3=O)c(-c3ccc(C)cc3)c3nsnc23)cc1. The zero-order valence-corrected chi connectivity index (χ0v) is 32.1. The highest BCUT2D eigenvalue weighted by atomic mass is 79.9. The number of nitrogens with zero attached hydrogens (tertiary/aromatic N) is 5. The summed E-state index contributed by atoms with van der Waals surface area (Å²) in [4.78, 5) is 45.8. The molecule has 9 nitrogen and oxygen atoms in total. The van der Waals surface area contributed by atoms with Crippen LogP contribution >= 0.6 is 27.7 Å². The molecule has 0 saturated carbocycles. The van der Waals surface area contributed by atoms with Crippen molar-refractivity contribution >= 4 is 68.6 Å². The fourth-order valence-corrected chi connectivity index (χ4v) is 5.82. The van der Waals surface area contributed by atoms with E-state index in [1.54, 1.807) is 0 Å². The van der Waals surface area contributed by atoms with E-state index in [1.807, 2.05) is 56.2 Å². The molecule has 2 aromatic carbocycles. The number of hydrogen-bond donors (Lipinski definition) is 0. The van der Waals surface area contributed by atoms with Gasteiger partial charge in [0, 0.05) is 55.0 Å². The summed E-state index contributed by atoms with van der Waals surface area (Å²) < 4.78 is 11.5. The van der Waals surface area contributed by atoms with Gasteiger partial charge in [0.2, 0.25) is 5.69 Å². The number of carbonyl (C=O) groups is 3. The van der Waals surface area contributed by atoms with Gasteiger partial charge in [-0.3, -0.25) is 9.59 Å². The molecule has 264 valence electrons. The Morgan fingerprint density at radius 3 is 2.10 bits per heavy atom. The molecule has 0 atom stereocenters. The van der Waals surface area contributed by atoms with Gasteiger partial charge >= 0.3 is 5.97 Å². The minimum Gasteiger partial charge on any atom is -0.330 e. The van der Waals surface area contributed by atoms with Crippen LogP contribution in [0.25, 0.3) is 45.6 Å². The Balaban J connectivity index is 0.000000909. The first-order valence-electron chi connectivity index (χ1n) is 16.6. The van der Waals surface area contributed by atoms with E-state index in [-0.39, 0.29) is 19.3 Å². The number of carbonyl (C=O) groups excluding carboxylic acids is 3. The van der Waals surface area contributed by atoms with Gasteiger partial charge in [-0.25, -0.2) is 9.78 Å². The molecular weight excluding hydrogens is 726 g/mol. The quantitative estimate of drug-likeness (QED) is 0.0460. The molecule has 3 aromatic heterocycles. The number of rotatable bonds is 10. The Kier molecular flexibility index (Phi) is 14.5. The zero-order chi connectivity index (χ0) is 36.9. The molecule has 6 rings (SSSR count). The Hall–Kier alpha value is -4.87. The van der Waals surface area contributed by atoms with Crippen molar-refractivity contribution in [1.82, 2.24) is 18.8 Å². The second kappa shape index (κ2) is 18.9. The molecule has 4 heterocycles. The van der Waals surface area contributed by atoms with Crippen LogP contribution in [0.4, 0.5) is 0 Å². The molecular formula is C40H43BrN5O4S+. The minimum atomic E-state index is -0.581. The number of aromatic nitrogens is 4. The molecule has 0 bridgehead atoms. The normalized spacial score (nSPS) is 12.4. The molecule has 0 spiro atoms. The van der Waals surface area contributed by atoms with Crippen LogP contribution < -0.4 is 4.57 Å². The summed E-state index contributed by atoms with van der Waals surface area (Å²) in [6.45, 7) is 12.3. The van der Waals surface area contributed by atoms with E-state index in [2.05, 4.69) is 93.8 Å². The molecule has 1 aliphatic rings. The molecule has 2 amide bonds. The second-order valence-electron chi connectivity index (χ2n) is 12.3. The van der Waals surface area contributed by atoms with Crippen LogP contribution in [0.15, 0.2) is 85.1 Å². The van der Waals surface area contributed by atoms with Crippen LogP contribution in [-0.4, -0.2) is 42.4 Å². The number of unbranched alkanes of at least 4 members (excludes halogenated alkanes) is 1. The van der Waals surface area contributed by atoms with Crippen LogP contribution in [0.1, 0.15) is 68.5 Å². The number of allylic oxidation sites excluding steroid dienone is 1. The van der Waals surface area contributed by atoms with Gasteiger partial charge in [-0.1, -0.05) is 81.2 Å². The van der Waals surface area contributed by atoms with E-state index < -0.39 is 17.8 Å². The largest absolute Gasteiger partial charge is 0.333 e. The highest BCUT2D eigenvalue weighted by Gasteiger charge is 2.32. The molecule has 0 radical (unpaired) electrons. The maximum absolute atomic E-state index is 12.2. The molecule has 1 aliphatic heterocycles. The summed E-state index contributed by atoms with van der Waals surface area (Å²) in [5.74, 6) is 0.289. The van der Waals surface area contributed by atoms with Gasteiger partial charge in [0.15, 0.2) is 6.20 Å². The summed E-state index contributed by atoms with van der Waals surface area (Å²) >= 11 is 4.12. The number of alkyl halides is 1. The molecule has 5 aromatic rings. The fraction of sp³-hybridized carbons (Fsp3) is 0.275. The van der Waals surface area contributed by atoms with Crippen molar-refractivity contribution in [1.29, 1.82) is 0 Å². The predicted molar refractivity (Wildman–Crippen MR) is 207 cm³/mol. The first-order chi connectivity index (χ1) is 24.6. The lowest BCUT2D eigenvalue weighted by molar-refractivity contribution is -0.699. The molecule has 1 saturated heterocycles. The number of hydroxylamine groups is 2. The number of amides is 2. The fourth-order valence-electron chi connectivity index (χ4n) is 5.26. The smallest absolute Gasteiger partial charge is 0.330 e. The summed E-state index contributed by atoms with van der Waals surface area (Å²) in [6, 6.07) is 22.6. The third kappa shape index (κ3) is 10.6. The number of imide groups is 1. The van der Waals surface area contributed by atoms with E-state index in [0.29, 0.717) is 24.4 Å².